The van der Waals surface area contributed by atoms with Gasteiger partial charge in [0.15, 0.2) is 0 Å². The van der Waals surface area contributed by atoms with Gasteiger partial charge in [-0.05, 0) is 61.1 Å². The number of nitrogens with zero attached hydrogens (tertiary/aromatic N) is 1. The molecular weight excluding hydrogens is 414 g/mol. The molecule has 3 rings (SSSR count). The predicted octanol–water partition coefficient (Wildman–Crippen LogP) is 3.24. The second-order valence-corrected chi connectivity index (χ2v) is 10.0. The van der Waals surface area contributed by atoms with Gasteiger partial charge in [0, 0.05) is 24.8 Å². The smallest absolute Gasteiger partial charge is 0.242 e. The summed E-state index contributed by atoms with van der Waals surface area (Å²) >= 11 is 0. The summed E-state index contributed by atoms with van der Waals surface area (Å²) in [5.74, 6) is -0.354. The van der Waals surface area contributed by atoms with Crippen molar-refractivity contribution in [1.29, 1.82) is 0 Å². The molecule has 1 aliphatic heterocycles. The van der Waals surface area contributed by atoms with E-state index in [2.05, 4.69) is 10.0 Å². The first-order chi connectivity index (χ1) is 14.6. The van der Waals surface area contributed by atoms with Crippen molar-refractivity contribution in [2.75, 3.05) is 16.8 Å². The zero-order valence-electron chi connectivity index (χ0n) is 18.3. The van der Waals surface area contributed by atoms with Gasteiger partial charge >= 0.3 is 0 Å². The molecule has 1 aliphatic rings. The maximum Gasteiger partial charge on any atom is 0.242 e. The largest absolute Gasteiger partial charge is 0.324 e. The van der Waals surface area contributed by atoms with Gasteiger partial charge in [0.2, 0.25) is 21.8 Å². The molecule has 7 nitrogen and oxygen atoms in total. The van der Waals surface area contributed by atoms with Crippen molar-refractivity contribution in [3.63, 3.8) is 0 Å². The number of aryl methyl sites for hydroxylation is 1. The fourth-order valence-corrected chi connectivity index (χ4v) is 5.00. The molecule has 31 heavy (non-hydrogen) atoms. The number of anilines is 2. The second kappa shape index (κ2) is 9.20. The van der Waals surface area contributed by atoms with E-state index in [4.69, 9.17) is 0 Å². The Labute approximate surface area is 183 Å². The molecule has 0 aromatic heterocycles. The van der Waals surface area contributed by atoms with Crippen LogP contribution in [0.15, 0.2) is 47.4 Å². The van der Waals surface area contributed by atoms with Crippen LogP contribution >= 0.6 is 0 Å². The number of hydrogen-bond acceptors (Lipinski definition) is 4. The Morgan fingerprint density at radius 3 is 2.48 bits per heavy atom. The SMILES string of the molecule is CC(=O)N1CCc2cc(S(=O)(=O)NC(CC(C)C)C(=O)Nc3ccccc3C)ccc21. The van der Waals surface area contributed by atoms with Gasteiger partial charge in [0.05, 0.1) is 4.90 Å². The molecule has 0 saturated heterocycles. The summed E-state index contributed by atoms with van der Waals surface area (Å²) in [6.45, 7) is 7.79. The molecule has 2 aromatic rings. The topological polar surface area (TPSA) is 95.6 Å². The zero-order valence-corrected chi connectivity index (χ0v) is 19.1. The number of nitrogens with one attached hydrogen (secondary N) is 2. The quantitative estimate of drug-likeness (QED) is 0.687. The van der Waals surface area contributed by atoms with Crippen LogP contribution in [0.2, 0.25) is 0 Å². The summed E-state index contributed by atoms with van der Waals surface area (Å²) in [5.41, 5.74) is 3.10. The molecule has 0 aliphatic carbocycles. The highest BCUT2D eigenvalue weighted by Crippen LogP contribution is 2.30. The van der Waals surface area contributed by atoms with E-state index < -0.39 is 22.0 Å². The third-order valence-electron chi connectivity index (χ3n) is 5.36. The van der Waals surface area contributed by atoms with Crippen LogP contribution in [0, 0.1) is 12.8 Å². The fraction of sp³-hybridized carbons (Fsp3) is 0.391. The number of carbonyl (C=O) groups is 2. The van der Waals surface area contributed by atoms with E-state index in [-0.39, 0.29) is 16.7 Å². The van der Waals surface area contributed by atoms with Crippen molar-refractivity contribution in [3.05, 3.63) is 53.6 Å². The van der Waals surface area contributed by atoms with Crippen molar-refractivity contribution in [1.82, 2.24) is 4.72 Å². The summed E-state index contributed by atoms with van der Waals surface area (Å²) in [7, 11) is -3.93. The van der Waals surface area contributed by atoms with Crippen molar-refractivity contribution in [3.8, 4) is 0 Å². The van der Waals surface area contributed by atoms with E-state index in [0.29, 0.717) is 25.1 Å². The standard InChI is InChI=1S/C23H29N3O4S/c1-15(2)13-21(23(28)24-20-8-6-5-7-16(20)3)25-31(29,30)19-9-10-22-18(14-19)11-12-26(22)17(4)27/h5-10,14-15,21,25H,11-13H2,1-4H3,(H,24,28). The lowest BCUT2D eigenvalue weighted by molar-refractivity contribution is -0.118. The monoisotopic (exact) mass is 443 g/mol. The van der Waals surface area contributed by atoms with Crippen LogP contribution in [-0.2, 0) is 26.0 Å². The maximum atomic E-state index is 13.1. The van der Waals surface area contributed by atoms with E-state index in [1.165, 1.54) is 13.0 Å². The lowest BCUT2D eigenvalue weighted by atomic mass is 10.0. The Kier molecular flexibility index (Phi) is 6.81. The van der Waals surface area contributed by atoms with E-state index in [1.54, 1.807) is 23.1 Å². The maximum absolute atomic E-state index is 13.1. The Hall–Kier alpha value is -2.71. The Morgan fingerprint density at radius 1 is 1.13 bits per heavy atom. The van der Waals surface area contributed by atoms with Crippen LogP contribution < -0.4 is 14.9 Å². The molecule has 1 heterocycles. The van der Waals surface area contributed by atoms with Gasteiger partial charge in [-0.1, -0.05) is 32.0 Å². The van der Waals surface area contributed by atoms with Gasteiger partial charge in [-0.15, -0.1) is 0 Å². The molecule has 0 spiro atoms. The molecule has 8 heteroatoms. The molecule has 2 N–H and O–H groups in total. The van der Waals surface area contributed by atoms with Crippen molar-refractivity contribution >= 4 is 33.2 Å². The molecule has 1 atom stereocenters. The van der Waals surface area contributed by atoms with Gasteiger partial charge < -0.3 is 10.2 Å². The van der Waals surface area contributed by atoms with Gasteiger partial charge in [-0.2, -0.15) is 4.72 Å². The van der Waals surface area contributed by atoms with Crippen LogP contribution in [0.1, 0.15) is 38.3 Å². The molecule has 2 aromatic carbocycles. The summed E-state index contributed by atoms with van der Waals surface area (Å²) in [5, 5.41) is 2.84. The minimum Gasteiger partial charge on any atom is -0.324 e. The van der Waals surface area contributed by atoms with E-state index in [9.17, 15) is 18.0 Å². The highest BCUT2D eigenvalue weighted by atomic mass is 32.2. The third-order valence-corrected chi connectivity index (χ3v) is 6.83. The lowest BCUT2D eigenvalue weighted by Gasteiger charge is -2.21. The number of rotatable bonds is 7. The third kappa shape index (κ3) is 5.32. The first-order valence-electron chi connectivity index (χ1n) is 10.4. The number of sulfonamides is 1. The first kappa shape index (κ1) is 23.0. The Bertz CT molecular complexity index is 1100. The number of amides is 2. The summed E-state index contributed by atoms with van der Waals surface area (Å²) in [6.07, 6.45) is 0.960. The molecule has 1 unspecified atom stereocenters. The van der Waals surface area contributed by atoms with E-state index in [0.717, 1.165) is 16.8 Å². The van der Waals surface area contributed by atoms with Gasteiger partial charge in [0.1, 0.15) is 6.04 Å². The lowest BCUT2D eigenvalue weighted by Crippen LogP contribution is -2.44. The zero-order chi connectivity index (χ0) is 22.8. The second-order valence-electron chi connectivity index (χ2n) is 8.32. The van der Waals surface area contributed by atoms with E-state index >= 15 is 0 Å². The molecule has 166 valence electrons. The van der Waals surface area contributed by atoms with Crippen LogP contribution in [0.3, 0.4) is 0 Å². The number of para-hydroxylation sites is 1. The number of hydrogen-bond donors (Lipinski definition) is 2. The molecule has 2 amide bonds. The summed E-state index contributed by atoms with van der Waals surface area (Å²) in [4.78, 5) is 26.4. The minimum atomic E-state index is -3.93. The number of benzene rings is 2. The summed E-state index contributed by atoms with van der Waals surface area (Å²) < 4.78 is 28.8. The number of fused-ring (bicyclic) bond motifs is 1. The molecule has 0 radical (unpaired) electrons. The molecule has 0 fully saturated rings. The van der Waals surface area contributed by atoms with Crippen molar-refractivity contribution in [2.24, 2.45) is 5.92 Å². The van der Waals surface area contributed by atoms with E-state index in [1.807, 2.05) is 39.0 Å². The highest BCUT2D eigenvalue weighted by Gasteiger charge is 2.29. The first-order valence-corrected chi connectivity index (χ1v) is 11.9. The van der Waals surface area contributed by atoms with Crippen LogP contribution in [0.25, 0.3) is 0 Å². The van der Waals surface area contributed by atoms with Crippen LogP contribution in [0.5, 0.6) is 0 Å². The minimum absolute atomic E-state index is 0.0719. The van der Waals surface area contributed by atoms with Gasteiger partial charge in [-0.3, -0.25) is 9.59 Å². The van der Waals surface area contributed by atoms with Gasteiger partial charge in [-0.25, -0.2) is 8.42 Å². The Morgan fingerprint density at radius 2 is 1.84 bits per heavy atom. The highest BCUT2D eigenvalue weighted by molar-refractivity contribution is 7.89. The van der Waals surface area contributed by atoms with Gasteiger partial charge in [0.25, 0.3) is 0 Å². The van der Waals surface area contributed by atoms with Crippen molar-refractivity contribution < 1.29 is 18.0 Å². The predicted molar refractivity (Wildman–Crippen MR) is 122 cm³/mol. The van der Waals surface area contributed by atoms with Crippen LogP contribution in [-0.4, -0.2) is 32.8 Å². The molecule has 0 saturated carbocycles. The average Bonchev–Trinajstić information content (AvgIpc) is 3.12. The van der Waals surface area contributed by atoms with Crippen molar-refractivity contribution in [2.45, 2.75) is 51.5 Å². The summed E-state index contributed by atoms with van der Waals surface area (Å²) in [6, 6.07) is 11.2. The molecule has 0 bridgehead atoms. The Balaban J connectivity index is 1.83. The molecular formula is C23H29N3O4S. The normalized spacial score (nSPS) is 14.4. The average molecular weight is 444 g/mol. The fourth-order valence-electron chi connectivity index (χ4n) is 3.74. The number of carbonyl (C=O) groups excluding carboxylic acids is 2. The van der Waals surface area contributed by atoms with Crippen LogP contribution in [0.4, 0.5) is 11.4 Å².